The van der Waals surface area contributed by atoms with Crippen molar-refractivity contribution in [1.82, 2.24) is 19.7 Å². The highest BCUT2D eigenvalue weighted by atomic mass is 15.3. The van der Waals surface area contributed by atoms with Crippen LogP contribution in [0.2, 0.25) is 0 Å². The third-order valence-electron chi connectivity index (χ3n) is 5.23. The molecule has 0 fully saturated rings. The van der Waals surface area contributed by atoms with Gasteiger partial charge in [-0.05, 0) is 55.5 Å². The van der Waals surface area contributed by atoms with Gasteiger partial charge in [0.05, 0.1) is 17.4 Å². The quantitative estimate of drug-likeness (QED) is 0.441. The lowest BCUT2D eigenvalue weighted by Gasteiger charge is -2.16. The van der Waals surface area contributed by atoms with Crippen molar-refractivity contribution in [3.8, 4) is 0 Å². The fourth-order valence-electron chi connectivity index (χ4n) is 3.46. The summed E-state index contributed by atoms with van der Waals surface area (Å²) in [6.07, 6.45) is 5.39. The zero-order valence-corrected chi connectivity index (χ0v) is 17.4. The van der Waals surface area contributed by atoms with E-state index in [1.54, 1.807) is 17.2 Å². The molecule has 0 radical (unpaired) electrons. The number of nitrogens with zero attached hydrogens (tertiary/aromatic N) is 5. The highest BCUT2D eigenvalue weighted by molar-refractivity contribution is 5.93. The van der Waals surface area contributed by atoms with Gasteiger partial charge in [-0.1, -0.05) is 36.4 Å². The molecule has 0 saturated carbocycles. The smallest absolute Gasteiger partial charge is 0.137 e. The van der Waals surface area contributed by atoms with Gasteiger partial charge in [-0.25, -0.2) is 9.97 Å². The Labute approximate surface area is 176 Å². The van der Waals surface area contributed by atoms with Crippen LogP contribution in [0.4, 0.5) is 11.5 Å². The lowest BCUT2D eigenvalue weighted by Crippen LogP contribution is -2.08. The number of aryl methyl sites for hydroxylation is 1. The molecule has 0 aliphatic carbocycles. The Morgan fingerprint density at radius 2 is 1.97 bits per heavy atom. The molecule has 0 amide bonds. The molecular formula is C24H24N6. The Morgan fingerprint density at radius 3 is 2.73 bits per heavy atom. The van der Waals surface area contributed by atoms with E-state index >= 15 is 0 Å². The average molecular weight is 396 g/mol. The maximum Gasteiger partial charge on any atom is 0.137 e. The van der Waals surface area contributed by atoms with Gasteiger partial charge in [-0.3, -0.25) is 9.67 Å². The Kier molecular flexibility index (Phi) is 5.39. The first-order chi connectivity index (χ1) is 14.6. The fraction of sp³-hybridized carbons (Fsp3) is 0.167. The van der Waals surface area contributed by atoms with Crippen LogP contribution >= 0.6 is 0 Å². The van der Waals surface area contributed by atoms with Gasteiger partial charge in [0.15, 0.2) is 0 Å². The zero-order chi connectivity index (χ0) is 21.1. The number of nitrogens with one attached hydrogen (secondary N) is 1. The normalized spacial score (nSPS) is 12.7. The van der Waals surface area contributed by atoms with Gasteiger partial charge in [-0.15, -0.1) is 0 Å². The van der Waals surface area contributed by atoms with E-state index in [0.717, 1.165) is 39.2 Å². The summed E-state index contributed by atoms with van der Waals surface area (Å²) in [4.78, 5) is 13.0. The fourth-order valence-corrected chi connectivity index (χ4v) is 3.46. The molecule has 0 aliphatic heterocycles. The lowest BCUT2D eigenvalue weighted by molar-refractivity contribution is 0.760. The van der Waals surface area contributed by atoms with Gasteiger partial charge in [0.2, 0.25) is 0 Å². The molecule has 4 rings (SSSR count). The summed E-state index contributed by atoms with van der Waals surface area (Å²) in [7, 11) is 1.90. The SMILES string of the molecule is C=Nc1cnn(C)c1/C=C(\C)c1ccc2ncnc(NC(C)c3ccccc3)c2c1. The number of hydrogen-bond donors (Lipinski definition) is 1. The molecule has 0 bridgehead atoms. The first-order valence-electron chi connectivity index (χ1n) is 9.80. The molecule has 0 spiro atoms. The van der Waals surface area contributed by atoms with Crippen molar-refractivity contribution < 1.29 is 0 Å². The molecule has 2 aromatic carbocycles. The molecule has 2 heterocycles. The van der Waals surface area contributed by atoms with E-state index in [-0.39, 0.29) is 6.04 Å². The molecule has 150 valence electrons. The molecule has 0 aliphatic rings. The number of allylic oxidation sites excluding steroid dienone is 1. The van der Waals surface area contributed by atoms with Crippen LogP contribution in [-0.2, 0) is 7.05 Å². The number of fused-ring (bicyclic) bond motifs is 1. The minimum absolute atomic E-state index is 0.125. The van der Waals surface area contributed by atoms with Crippen LogP contribution in [0.5, 0.6) is 0 Å². The van der Waals surface area contributed by atoms with Crippen molar-refractivity contribution in [2.45, 2.75) is 19.9 Å². The Hall–Kier alpha value is -3.80. The van der Waals surface area contributed by atoms with Crippen molar-refractivity contribution in [3.63, 3.8) is 0 Å². The van der Waals surface area contributed by atoms with Crippen molar-refractivity contribution in [2.24, 2.45) is 12.0 Å². The monoisotopic (exact) mass is 396 g/mol. The van der Waals surface area contributed by atoms with E-state index in [4.69, 9.17) is 0 Å². The third kappa shape index (κ3) is 3.85. The standard InChI is InChI=1S/C24H24N6/c1-16(12-23-22(25-3)14-28-30(23)4)19-10-11-21-20(13-19)24(27-15-26-21)29-17(2)18-8-6-5-7-9-18/h5-15,17H,3H2,1-2,4H3,(H,26,27,29)/b16-12+. The molecule has 1 atom stereocenters. The average Bonchev–Trinajstić information content (AvgIpc) is 3.13. The summed E-state index contributed by atoms with van der Waals surface area (Å²) in [5, 5.41) is 8.78. The van der Waals surface area contributed by atoms with E-state index < -0.39 is 0 Å². The van der Waals surface area contributed by atoms with Crippen LogP contribution in [0.15, 0.2) is 66.0 Å². The molecule has 0 saturated heterocycles. The molecule has 6 heteroatoms. The highest BCUT2D eigenvalue weighted by Crippen LogP contribution is 2.29. The van der Waals surface area contributed by atoms with Gasteiger partial charge in [0, 0.05) is 18.5 Å². The summed E-state index contributed by atoms with van der Waals surface area (Å²) in [5.74, 6) is 0.819. The molecule has 30 heavy (non-hydrogen) atoms. The lowest BCUT2D eigenvalue weighted by atomic mass is 10.0. The van der Waals surface area contributed by atoms with Crippen molar-refractivity contribution in [3.05, 3.63) is 77.9 Å². The van der Waals surface area contributed by atoms with Crippen LogP contribution in [0.3, 0.4) is 0 Å². The van der Waals surface area contributed by atoms with Gasteiger partial charge < -0.3 is 5.32 Å². The van der Waals surface area contributed by atoms with Crippen molar-refractivity contribution in [1.29, 1.82) is 0 Å². The largest absolute Gasteiger partial charge is 0.363 e. The van der Waals surface area contributed by atoms with E-state index in [9.17, 15) is 0 Å². The summed E-state index contributed by atoms with van der Waals surface area (Å²) >= 11 is 0. The van der Waals surface area contributed by atoms with Gasteiger partial charge in [-0.2, -0.15) is 5.10 Å². The number of anilines is 1. The number of aliphatic imine (C=N–C) groups is 1. The van der Waals surface area contributed by atoms with E-state index in [2.05, 4.69) is 76.3 Å². The first kappa shape index (κ1) is 19.5. The van der Waals surface area contributed by atoms with Crippen LogP contribution < -0.4 is 5.32 Å². The number of rotatable bonds is 6. The maximum atomic E-state index is 4.51. The second-order valence-corrected chi connectivity index (χ2v) is 7.26. The number of hydrogen-bond acceptors (Lipinski definition) is 5. The van der Waals surface area contributed by atoms with Crippen LogP contribution in [-0.4, -0.2) is 26.5 Å². The Bertz CT molecular complexity index is 1220. The topological polar surface area (TPSA) is 68.0 Å². The zero-order valence-electron chi connectivity index (χ0n) is 17.4. The van der Waals surface area contributed by atoms with E-state index in [1.807, 2.05) is 31.3 Å². The van der Waals surface area contributed by atoms with Gasteiger partial charge >= 0.3 is 0 Å². The van der Waals surface area contributed by atoms with E-state index in [0.29, 0.717) is 0 Å². The predicted octanol–water partition coefficient (Wildman–Crippen LogP) is 5.43. The summed E-state index contributed by atoms with van der Waals surface area (Å²) in [6.45, 7) is 7.84. The van der Waals surface area contributed by atoms with Crippen LogP contribution in [0.25, 0.3) is 22.6 Å². The summed E-state index contributed by atoms with van der Waals surface area (Å²) in [5.41, 5.74) is 5.97. The molecule has 6 nitrogen and oxygen atoms in total. The first-order valence-corrected chi connectivity index (χ1v) is 9.80. The predicted molar refractivity (Wildman–Crippen MR) is 124 cm³/mol. The molecule has 2 aromatic heterocycles. The molecule has 4 aromatic rings. The van der Waals surface area contributed by atoms with Crippen LogP contribution in [0.1, 0.15) is 36.7 Å². The maximum absolute atomic E-state index is 4.51. The van der Waals surface area contributed by atoms with Crippen molar-refractivity contribution in [2.75, 3.05) is 5.32 Å². The Balaban J connectivity index is 1.71. The highest BCUT2D eigenvalue weighted by Gasteiger charge is 2.11. The molecule has 1 N–H and O–H groups in total. The van der Waals surface area contributed by atoms with Crippen LogP contribution in [0, 0.1) is 0 Å². The minimum atomic E-state index is 0.125. The van der Waals surface area contributed by atoms with Crippen molar-refractivity contribution >= 4 is 40.8 Å². The minimum Gasteiger partial charge on any atom is -0.363 e. The second-order valence-electron chi connectivity index (χ2n) is 7.26. The number of aromatic nitrogens is 4. The van der Waals surface area contributed by atoms with Gasteiger partial charge in [0.25, 0.3) is 0 Å². The van der Waals surface area contributed by atoms with Gasteiger partial charge in [0.1, 0.15) is 17.8 Å². The number of benzene rings is 2. The third-order valence-corrected chi connectivity index (χ3v) is 5.23. The molecule has 1 unspecified atom stereocenters. The summed E-state index contributed by atoms with van der Waals surface area (Å²) < 4.78 is 1.80. The molecular weight excluding hydrogens is 372 g/mol. The second kappa shape index (κ2) is 8.29. The summed E-state index contributed by atoms with van der Waals surface area (Å²) in [6, 6.07) is 16.7. The Morgan fingerprint density at radius 1 is 1.17 bits per heavy atom. The van der Waals surface area contributed by atoms with E-state index in [1.165, 1.54) is 5.56 Å².